The van der Waals surface area contributed by atoms with E-state index in [1.165, 1.54) is 16.0 Å². The molecule has 1 unspecified atom stereocenters. The molecule has 0 heterocycles. The van der Waals surface area contributed by atoms with Crippen LogP contribution in [-0.2, 0) is 0 Å². The average Bonchev–Trinajstić information content (AvgIpc) is 2.41. The molecule has 0 spiro atoms. The maximum Gasteiger partial charge on any atom is 0.0656 e. The van der Waals surface area contributed by atoms with E-state index in [9.17, 15) is 0 Å². The van der Waals surface area contributed by atoms with Crippen LogP contribution in [0.25, 0.3) is 0 Å². The summed E-state index contributed by atoms with van der Waals surface area (Å²) in [7, 11) is 0. The second kappa shape index (κ2) is 6.60. The summed E-state index contributed by atoms with van der Waals surface area (Å²) >= 11 is 12.6. The molecule has 0 aliphatic heterocycles. The molecule has 0 saturated heterocycles. The zero-order valence-electron chi connectivity index (χ0n) is 9.66. The van der Waals surface area contributed by atoms with Crippen molar-refractivity contribution in [3.05, 3.63) is 62.5 Å². The Morgan fingerprint density at radius 3 is 2.28 bits per heavy atom. The molecule has 0 aliphatic carbocycles. The minimum atomic E-state index is 0.195. The van der Waals surface area contributed by atoms with E-state index < -0.39 is 0 Å². The van der Waals surface area contributed by atoms with Crippen LogP contribution in [0.15, 0.2) is 56.3 Å². The number of thioether (sulfide) groups is 1. The molecular weight excluding hydrogens is 440 g/mol. The Kier molecular flexibility index (Phi) is 5.36. The molecule has 2 aromatic carbocycles. The molecule has 0 aromatic heterocycles. The zero-order chi connectivity index (χ0) is 13.1. The van der Waals surface area contributed by atoms with Crippen molar-refractivity contribution in [2.75, 3.05) is 6.26 Å². The van der Waals surface area contributed by atoms with Gasteiger partial charge >= 0.3 is 0 Å². The van der Waals surface area contributed by atoms with Crippen LogP contribution in [0.5, 0.6) is 0 Å². The average molecular weight is 451 g/mol. The number of alkyl halides is 1. The third-order valence-electron chi connectivity index (χ3n) is 2.64. The van der Waals surface area contributed by atoms with Gasteiger partial charge in [0.15, 0.2) is 0 Å². The SMILES string of the molecule is CSc1ccc(C(Br)c2cc(Br)ccc2Br)cc1. The first-order valence-corrected chi connectivity index (χ1v) is 9.07. The van der Waals surface area contributed by atoms with Crippen molar-refractivity contribution < 1.29 is 0 Å². The monoisotopic (exact) mass is 448 g/mol. The Bertz CT molecular complexity index is 537. The lowest BCUT2D eigenvalue weighted by molar-refractivity contribution is 1.15. The zero-order valence-corrected chi connectivity index (χ0v) is 15.2. The molecule has 0 bridgehead atoms. The van der Waals surface area contributed by atoms with Crippen LogP contribution < -0.4 is 0 Å². The Labute approximate surface area is 137 Å². The molecule has 2 rings (SSSR count). The van der Waals surface area contributed by atoms with E-state index in [2.05, 4.69) is 90.4 Å². The summed E-state index contributed by atoms with van der Waals surface area (Å²) in [6.07, 6.45) is 2.09. The van der Waals surface area contributed by atoms with E-state index in [0.717, 1.165) is 8.95 Å². The van der Waals surface area contributed by atoms with Crippen molar-refractivity contribution in [3.63, 3.8) is 0 Å². The third-order valence-corrected chi connectivity index (χ3v) is 5.62. The molecule has 18 heavy (non-hydrogen) atoms. The summed E-state index contributed by atoms with van der Waals surface area (Å²) in [5.41, 5.74) is 2.48. The molecule has 94 valence electrons. The number of hydrogen-bond donors (Lipinski definition) is 0. The van der Waals surface area contributed by atoms with E-state index >= 15 is 0 Å². The Morgan fingerprint density at radius 2 is 1.67 bits per heavy atom. The van der Waals surface area contributed by atoms with Crippen LogP contribution >= 0.6 is 59.6 Å². The van der Waals surface area contributed by atoms with E-state index in [1.54, 1.807) is 11.8 Å². The second-order valence-electron chi connectivity index (χ2n) is 3.80. The van der Waals surface area contributed by atoms with E-state index in [4.69, 9.17) is 0 Å². The first-order chi connectivity index (χ1) is 8.61. The van der Waals surface area contributed by atoms with E-state index in [1.807, 2.05) is 6.07 Å². The molecule has 0 aliphatic rings. The molecule has 0 amide bonds. The molecule has 0 nitrogen and oxygen atoms in total. The van der Waals surface area contributed by atoms with Crippen LogP contribution in [0.3, 0.4) is 0 Å². The Morgan fingerprint density at radius 1 is 1.00 bits per heavy atom. The fraction of sp³-hybridized carbons (Fsp3) is 0.143. The lowest BCUT2D eigenvalue weighted by Crippen LogP contribution is -1.94. The van der Waals surface area contributed by atoms with Gasteiger partial charge < -0.3 is 0 Å². The van der Waals surface area contributed by atoms with Gasteiger partial charge in [0.05, 0.1) is 4.83 Å². The number of hydrogen-bond acceptors (Lipinski definition) is 1. The molecular formula is C14H11Br3S. The third kappa shape index (κ3) is 3.41. The van der Waals surface area contributed by atoms with Gasteiger partial charge in [-0.1, -0.05) is 59.9 Å². The Balaban J connectivity index is 2.34. The number of rotatable bonds is 3. The van der Waals surface area contributed by atoms with Gasteiger partial charge in [-0.25, -0.2) is 0 Å². The van der Waals surface area contributed by atoms with Crippen molar-refractivity contribution in [1.82, 2.24) is 0 Å². The molecule has 1 atom stereocenters. The summed E-state index contributed by atoms with van der Waals surface area (Å²) in [4.78, 5) is 1.48. The summed E-state index contributed by atoms with van der Waals surface area (Å²) in [5.74, 6) is 0. The maximum atomic E-state index is 3.77. The number of halogens is 3. The largest absolute Gasteiger partial charge is 0.130 e. The fourth-order valence-electron chi connectivity index (χ4n) is 1.66. The minimum absolute atomic E-state index is 0.195. The highest BCUT2D eigenvalue weighted by Crippen LogP contribution is 2.37. The molecule has 0 N–H and O–H groups in total. The highest BCUT2D eigenvalue weighted by molar-refractivity contribution is 9.11. The summed E-state index contributed by atoms with van der Waals surface area (Å²) in [6, 6.07) is 14.9. The summed E-state index contributed by atoms with van der Waals surface area (Å²) in [6.45, 7) is 0. The van der Waals surface area contributed by atoms with Crippen LogP contribution in [0.2, 0.25) is 0 Å². The molecule has 0 fully saturated rings. The normalized spacial score (nSPS) is 12.4. The maximum absolute atomic E-state index is 3.77. The van der Waals surface area contributed by atoms with Crippen molar-refractivity contribution in [2.45, 2.75) is 9.72 Å². The van der Waals surface area contributed by atoms with Crippen molar-refractivity contribution in [3.8, 4) is 0 Å². The fourth-order valence-corrected chi connectivity index (χ4v) is 3.92. The van der Waals surface area contributed by atoms with Crippen LogP contribution in [-0.4, -0.2) is 6.26 Å². The quantitative estimate of drug-likeness (QED) is 0.384. The van der Waals surface area contributed by atoms with Gasteiger partial charge in [0.25, 0.3) is 0 Å². The van der Waals surface area contributed by atoms with Crippen molar-refractivity contribution >= 4 is 59.6 Å². The highest BCUT2D eigenvalue weighted by Gasteiger charge is 2.13. The standard InChI is InChI=1S/C14H11Br3S/c1-18-11-5-2-9(3-6-11)14(17)12-8-10(15)4-7-13(12)16/h2-8,14H,1H3. The predicted octanol–water partition coefficient (Wildman–Crippen LogP) is 6.42. The van der Waals surface area contributed by atoms with E-state index in [-0.39, 0.29) is 4.83 Å². The van der Waals surface area contributed by atoms with Crippen molar-refractivity contribution in [1.29, 1.82) is 0 Å². The first-order valence-electron chi connectivity index (χ1n) is 5.35. The lowest BCUT2D eigenvalue weighted by Gasteiger charge is -2.13. The van der Waals surface area contributed by atoms with Crippen LogP contribution in [0, 0.1) is 0 Å². The number of benzene rings is 2. The second-order valence-corrected chi connectivity index (χ2v) is 7.37. The van der Waals surface area contributed by atoms with Gasteiger partial charge in [0.1, 0.15) is 0 Å². The summed E-state index contributed by atoms with van der Waals surface area (Å²) in [5, 5.41) is 0. The van der Waals surface area contributed by atoms with E-state index in [0.29, 0.717) is 0 Å². The molecule has 4 heteroatoms. The van der Waals surface area contributed by atoms with Gasteiger partial charge in [0.2, 0.25) is 0 Å². The van der Waals surface area contributed by atoms with Gasteiger partial charge in [-0.3, -0.25) is 0 Å². The van der Waals surface area contributed by atoms with Gasteiger partial charge in [0, 0.05) is 13.8 Å². The molecule has 0 radical (unpaired) electrons. The first kappa shape index (κ1) is 14.6. The van der Waals surface area contributed by atoms with Crippen molar-refractivity contribution in [2.24, 2.45) is 0 Å². The Hall–Kier alpha value is 0.230. The van der Waals surface area contributed by atoms with Crippen LogP contribution in [0.1, 0.15) is 16.0 Å². The molecule has 0 saturated carbocycles. The predicted molar refractivity (Wildman–Crippen MR) is 90.8 cm³/mol. The van der Waals surface area contributed by atoms with Gasteiger partial charge in [-0.05, 0) is 47.7 Å². The van der Waals surface area contributed by atoms with Crippen LogP contribution in [0.4, 0.5) is 0 Å². The molecule has 2 aromatic rings. The summed E-state index contributed by atoms with van der Waals surface area (Å²) < 4.78 is 2.20. The lowest BCUT2D eigenvalue weighted by atomic mass is 10.1. The van der Waals surface area contributed by atoms with Gasteiger partial charge in [-0.2, -0.15) is 0 Å². The van der Waals surface area contributed by atoms with Gasteiger partial charge in [-0.15, -0.1) is 11.8 Å². The minimum Gasteiger partial charge on any atom is -0.130 e. The topological polar surface area (TPSA) is 0 Å². The highest BCUT2D eigenvalue weighted by atomic mass is 79.9. The smallest absolute Gasteiger partial charge is 0.0656 e.